The Balaban J connectivity index is 1.42. The van der Waals surface area contributed by atoms with Crippen molar-refractivity contribution in [3.63, 3.8) is 0 Å². The molecule has 0 aliphatic heterocycles. The number of thioether (sulfide) groups is 1. The molecule has 0 aliphatic rings. The van der Waals surface area contributed by atoms with Crippen molar-refractivity contribution in [2.45, 2.75) is 5.16 Å². The Labute approximate surface area is 215 Å². The molecule has 12 heteroatoms. The highest BCUT2D eigenvalue weighted by atomic mass is 35.5. The number of aromatic nitrogens is 4. The van der Waals surface area contributed by atoms with E-state index in [2.05, 4.69) is 20.5 Å². The fourth-order valence-corrected chi connectivity index (χ4v) is 4.84. The van der Waals surface area contributed by atoms with Crippen molar-refractivity contribution in [3.05, 3.63) is 46.8 Å². The number of carbonyl (C=O) groups excluding carboxylic acids is 1. The van der Waals surface area contributed by atoms with E-state index >= 15 is 0 Å². The molecule has 2 aromatic carbocycles. The van der Waals surface area contributed by atoms with E-state index in [0.29, 0.717) is 38.4 Å². The number of amides is 1. The first-order valence-electron chi connectivity index (χ1n) is 10.3. The second-order valence-electron chi connectivity index (χ2n) is 7.16. The summed E-state index contributed by atoms with van der Waals surface area (Å²) in [6, 6.07) is 11.0. The van der Waals surface area contributed by atoms with Crippen LogP contribution < -0.4 is 19.5 Å². The van der Waals surface area contributed by atoms with Gasteiger partial charge in [0.1, 0.15) is 0 Å². The van der Waals surface area contributed by atoms with Gasteiger partial charge in [-0.15, -0.1) is 21.5 Å². The lowest BCUT2D eigenvalue weighted by Crippen LogP contribution is -2.14. The first kappa shape index (κ1) is 24.8. The van der Waals surface area contributed by atoms with Crippen LogP contribution in [0.3, 0.4) is 0 Å². The van der Waals surface area contributed by atoms with E-state index < -0.39 is 0 Å². The highest BCUT2D eigenvalue weighted by molar-refractivity contribution is 7.99. The minimum absolute atomic E-state index is 0.150. The number of nitrogens with zero attached hydrogens (tertiary/aromatic N) is 4. The van der Waals surface area contributed by atoms with Gasteiger partial charge < -0.3 is 24.1 Å². The average molecular weight is 532 g/mol. The second-order valence-corrected chi connectivity index (χ2v) is 9.40. The van der Waals surface area contributed by atoms with Crippen LogP contribution in [-0.2, 0) is 11.8 Å². The topological polar surface area (TPSA) is 100 Å². The lowest BCUT2D eigenvalue weighted by molar-refractivity contribution is -0.113. The third-order valence-electron chi connectivity index (χ3n) is 4.98. The summed E-state index contributed by atoms with van der Waals surface area (Å²) in [5.41, 5.74) is 2.44. The van der Waals surface area contributed by atoms with Crippen LogP contribution in [0.15, 0.2) is 46.9 Å². The Morgan fingerprint density at radius 3 is 2.37 bits per heavy atom. The number of ether oxygens (including phenoxy) is 3. The maximum Gasteiger partial charge on any atom is 0.236 e. The summed E-state index contributed by atoms with van der Waals surface area (Å²) >= 11 is 8.58. The van der Waals surface area contributed by atoms with Crippen molar-refractivity contribution >= 4 is 45.7 Å². The number of hydrogen-bond acceptors (Lipinski definition) is 9. The normalized spacial score (nSPS) is 10.8. The Morgan fingerprint density at radius 2 is 1.74 bits per heavy atom. The van der Waals surface area contributed by atoms with Gasteiger partial charge in [-0.3, -0.25) is 4.79 Å². The Morgan fingerprint density at radius 1 is 1.06 bits per heavy atom. The number of anilines is 1. The molecule has 2 heterocycles. The lowest BCUT2D eigenvalue weighted by atomic mass is 10.1. The van der Waals surface area contributed by atoms with Gasteiger partial charge in [-0.1, -0.05) is 35.5 Å². The zero-order valence-electron chi connectivity index (χ0n) is 19.4. The molecular weight excluding hydrogens is 510 g/mol. The minimum atomic E-state index is -0.190. The molecular formula is C23H22ClN5O4S2. The number of carbonyl (C=O) groups is 1. The van der Waals surface area contributed by atoms with E-state index in [4.69, 9.17) is 25.8 Å². The maximum absolute atomic E-state index is 12.5. The Kier molecular flexibility index (Phi) is 7.79. The summed E-state index contributed by atoms with van der Waals surface area (Å²) in [5.74, 6) is 2.08. The number of halogens is 1. The summed E-state index contributed by atoms with van der Waals surface area (Å²) in [5, 5.41) is 15.0. The summed E-state index contributed by atoms with van der Waals surface area (Å²) < 4.78 is 18.0. The predicted octanol–water partition coefficient (Wildman–Crippen LogP) is 5.02. The molecule has 4 rings (SSSR count). The van der Waals surface area contributed by atoms with E-state index in [-0.39, 0.29) is 11.7 Å². The van der Waals surface area contributed by atoms with Gasteiger partial charge in [0, 0.05) is 28.6 Å². The van der Waals surface area contributed by atoms with Gasteiger partial charge in [0.15, 0.2) is 27.6 Å². The van der Waals surface area contributed by atoms with E-state index in [0.717, 1.165) is 16.8 Å². The van der Waals surface area contributed by atoms with E-state index in [9.17, 15) is 4.79 Å². The molecule has 0 saturated carbocycles. The molecule has 0 radical (unpaired) electrons. The molecule has 9 nitrogen and oxygen atoms in total. The highest BCUT2D eigenvalue weighted by Crippen LogP contribution is 2.41. The number of rotatable bonds is 9. The zero-order chi connectivity index (χ0) is 24.9. The average Bonchev–Trinajstić information content (AvgIpc) is 3.48. The fraction of sp³-hybridized carbons (Fsp3) is 0.217. The molecule has 0 saturated heterocycles. The molecule has 4 aromatic rings. The van der Waals surface area contributed by atoms with Crippen LogP contribution >= 0.6 is 34.7 Å². The Bertz CT molecular complexity index is 1320. The second kappa shape index (κ2) is 11.0. The molecule has 0 atom stereocenters. The summed E-state index contributed by atoms with van der Waals surface area (Å²) in [4.78, 5) is 17.0. The summed E-state index contributed by atoms with van der Waals surface area (Å²) in [7, 11) is 6.49. The number of nitrogens with one attached hydrogen (secondary N) is 1. The lowest BCUT2D eigenvalue weighted by Gasteiger charge is -2.14. The molecule has 0 aliphatic carbocycles. The first-order chi connectivity index (χ1) is 16.9. The molecule has 2 aromatic heterocycles. The third kappa shape index (κ3) is 5.53. The van der Waals surface area contributed by atoms with E-state index in [1.54, 1.807) is 50.2 Å². The van der Waals surface area contributed by atoms with Crippen molar-refractivity contribution in [3.8, 4) is 39.9 Å². The van der Waals surface area contributed by atoms with Gasteiger partial charge in [-0.25, -0.2) is 4.98 Å². The Hall–Kier alpha value is -3.28. The number of thiazole rings is 1. The first-order valence-corrected chi connectivity index (χ1v) is 12.5. The minimum Gasteiger partial charge on any atom is -0.493 e. The van der Waals surface area contributed by atoms with Crippen molar-refractivity contribution in [2.75, 3.05) is 32.4 Å². The van der Waals surface area contributed by atoms with Gasteiger partial charge >= 0.3 is 0 Å². The quantitative estimate of drug-likeness (QED) is 0.301. The number of methoxy groups -OCH3 is 3. The standard InChI is InChI=1S/C23H22ClN5O4S2/c1-29-21(14-9-17(31-2)20(33-4)18(10-14)32-3)27-28-23(29)35-12-19(30)26-22-25-16(11-34-22)13-5-7-15(24)8-6-13/h5-11H,12H2,1-4H3,(H,25,26,30). The van der Waals surface area contributed by atoms with Gasteiger partial charge in [-0.05, 0) is 24.3 Å². The highest BCUT2D eigenvalue weighted by Gasteiger charge is 2.19. The fourth-order valence-electron chi connectivity index (χ4n) is 3.27. The molecule has 0 bridgehead atoms. The molecule has 0 spiro atoms. The van der Waals surface area contributed by atoms with Crippen molar-refractivity contribution in [1.29, 1.82) is 0 Å². The molecule has 1 N–H and O–H groups in total. The van der Waals surface area contributed by atoms with Gasteiger partial charge in [0.2, 0.25) is 11.7 Å². The van der Waals surface area contributed by atoms with Gasteiger partial charge in [0.25, 0.3) is 0 Å². The largest absolute Gasteiger partial charge is 0.493 e. The van der Waals surface area contributed by atoms with Crippen molar-refractivity contribution < 1.29 is 19.0 Å². The molecule has 182 valence electrons. The van der Waals surface area contributed by atoms with Crippen molar-refractivity contribution in [1.82, 2.24) is 19.7 Å². The maximum atomic E-state index is 12.5. The van der Waals surface area contributed by atoms with Gasteiger partial charge in [0.05, 0.1) is 32.8 Å². The third-order valence-corrected chi connectivity index (χ3v) is 7.01. The van der Waals surface area contributed by atoms with Crippen LogP contribution in [0.1, 0.15) is 0 Å². The van der Waals surface area contributed by atoms with Crippen LogP contribution in [0, 0.1) is 0 Å². The summed E-state index contributed by atoms with van der Waals surface area (Å²) in [6.07, 6.45) is 0. The SMILES string of the molecule is COc1cc(-c2nnc(SCC(=O)Nc3nc(-c4ccc(Cl)cc4)cs3)n2C)cc(OC)c1OC. The molecule has 1 amide bonds. The predicted molar refractivity (Wildman–Crippen MR) is 138 cm³/mol. The molecule has 0 fully saturated rings. The molecule has 0 unspecified atom stereocenters. The smallest absolute Gasteiger partial charge is 0.236 e. The van der Waals surface area contributed by atoms with E-state index in [1.165, 1.54) is 23.1 Å². The van der Waals surface area contributed by atoms with Gasteiger partial charge in [-0.2, -0.15) is 0 Å². The monoisotopic (exact) mass is 531 g/mol. The summed E-state index contributed by atoms with van der Waals surface area (Å²) in [6.45, 7) is 0. The van der Waals surface area contributed by atoms with Crippen molar-refractivity contribution in [2.24, 2.45) is 7.05 Å². The number of benzene rings is 2. The van der Waals surface area contributed by atoms with E-state index in [1.807, 2.05) is 24.6 Å². The van der Waals surface area contributed by atoms with Crippen LogP contribution in [0.5, 0.6) is 17.2 Å². The van der Waals surface area contributed by atoms with Crippen LogP contribution in [-0.4, -0.2) is 52.7 Å². The van der Waals surface area contributed by atoms with Crippen LogP contribution in [0.2, 0.25) is 5.02 Å². The number of hydrogen-bond donors (Lipinski definition) is 1. The van der Waals surface area contributed by atoms with Crippen LogP contribution in [0.25, 0.3) is 22.6 Å². The zero-order valence-corrected chi connectivity index (χ0v) is 21.8. The molecule has 35 heavy (non-hydrogen) atoms. The van der Waals surface area contributed by atoms with Crippen LogP contribution in [0.4, 0.5) is 5.13 Å².